The number of methoxy groups -OCH3 is 1. The van der Waals surface area contributed by atoms with Crippen molar-refractivity contribution in [1.82, 2.24) is 9.91 Å². The first-order valence-electron chi connectivity index (χ1n) is 5.45. The van der Waals surface area contributed by atoms with Crippen molar-refractivity contribution < 1.29 is 4.74 Å². The molecule has 0 radical (unpaired) electrons. The zero-order valence-corrected chi connectivity index (χ0v) is 10.8. The standard InChI is InChI=1S/C12H16ClN3O/c1-15-9-16(12(14-15)17-2)8-11-5-3-4-10(6-11)7-13/h3-6H,7-9H2,1-2H3. The number of hydrogen-bond donors (Lipinski definition) is 0. The molecule has 0 aromatic heterocycles. The summed E-state index contributed by atoms with van der Waals surface area (Å²) in [6.07, 6.45) is 0. The Labute approximate surface area is 106 Å². The van der Waals surface area contributed by atoms with E-state index in [-0.39, 0.29) is 0 Å². The third kappa shape index (κ3) is 2.82. The van der Waals surface area contributed by atoms with Crippen LogP contribution in [0.3, 0.4) is 0 Å². The first-order chi connectivity index (χ1) is 8.22. The summed E-state index contributed by atoms with van der Waals surface area (Å²) < 4.78 is 5.23. The molecular weight excluding hydrogens is 238 g/mol. The molecule has 1 heterocycles. The second kappa shape index (κ2) is 5.27. The maximum absolute atomic E-state index is 5.82. The average Bonchev–Trinajstić information content (AvgIpc) is 2.69. The minimum Gasteiger partial charge on any atom is -0.467 e. The van der Waals surface area contributed by atoms with E-state index in [1.165, 1.54) is 5.56 Å². The molecule has 4 nitrogen and oxygen atoms in total. The van der Waals surface area contributed by atoms with Crippen LogP contribution in [0.2, 0.25) is 0 Å². The number of ether oxygens (including phenoxy) is 1. The summed E-state index contributed by atoms with van der Waals surface area (Å²) in [6.45, 7) is 1.52. The van der Waals surface area contributed by atoms with Crippen LogP contribution < -0.4 is 0 Å². The smallest absolute Gasteiger partial charge is 0.310 e. The molecule has 0 spiro atoms. The Morgan fingerprint density at radius 3 is 2.88 bits per heavy atom. The predicted octanol–water partition coefficient (Wildman–Crippen LogP) is 2.05. The summed E-state index contributed by atoms with van der Waals surface area (Å²) in [4.78, 5) is 2.08. The fraction of sp³-hybridized carbons (Fsp3) is 0.417. The Kier molecular flexibility index (Phi) is 3.74. The largest absolute Gasteiger partial charge is 0.467 e. The fourth-order valence-electron chi connectivity index (χ4n) is 1.87. The van der Waals surface area contributed by atoms with Gasteiger partial charge in [0.1, 0.15) is 6.67 Å². The third-order valence-corrected chi connectivity index (χ3v) is 2.91. The van der Waals surface area contributed by atoms with Crippen molar-refractivity contribution >= 4 is 17.6 Å². The maximum atomic E-state index is 5.82. The van der Waals surface area contributed by atoms with Crippen LogP contribution >= 0.6 is 11.6 Å². The summed E-state index contributed by atoms with van der Waals surface area (Å²) in [6, 6.07) is 8.90. The minimum absolute atomic E-state index is 0.541. The van der Waals surface area contributed by atoms with Crippen LogP contribution in [0.1, 0.15) is 11.1 Å². The van der Waals surface area contributed by atoms with E-state index >= 15 is 0 Å². The van der Waals surface area contributed by atoms with E-state index in [0.717, 1.165) is 18.8 Å². The molecule has 0 unspecified atom stereocenters. The van der Waals surface area contributed by atoms with Crippen LogP contribution in [0.25, 0.3) is 0 Å². The van der Waals surface area contributed by atoms with Gasteiger partial charge in [-0.15, -0.1) is 16.7 Å². The number of benzene rings is 1. The van der Waals surface area contributed by atoms with Gasteiger partial charge in [-0.25, -0.2) is 0 Å². The first-order valence-corrected chi connectivity index (χ1v) is 5.99. The Bertz CT molecular complexity index is 422. The van der Waals surface area contributed by atoms with Gasteiger partial charge < -0.3 is 9.64 Å². The Morgan fingerprint density at radius 1 is 1.41 bits per heavy atom. The molecule has 1 aliphatic rings. The number of hydrogen-bond acceptors (Lipinski definition) is 4. The first kappa shape index (κ1) is 12.0. The van der Waals surface area contributed by atoms with E-state index in [2.05, 4.69) is 22.1 Å². The zero-order valence-electron chi connectivity index (χ0n) is 10.1. The van der Waals surface area contributed by atoms with Crippen molar-refractivity contribution in [3.63, 3.8) is 0 Å². The van der Waals surface area contributed by atoms with Crippen LogP contribution in [-0.2, 0) is 17.2 Å². The molecule has 0 saturated heterocycles. The van der Waals surface area contributed by atoms with E-state index in [4.69, 9.17) is 16.3 Å². The second-order valence-electron chi connectivity index (χ2n) is 4.04. The van der Waals surface area contributed by atoms with Gasteiger partial charge >= 0.3 is 6.02 Å². The van der Waals surface area contributed by atoms with Crippen molar-refractivity contribution in [3.05, 3.63) is 35.4 Å². The molecule has 2 rings (SSSR count). The zero-order chi connectivity index (χ0) is 12.3. The van der Waals surface area contributed by atoms with Crippen molar-refractivity contribution in [3.8, 4) is 0 Å². The van der Waals surface area contributed by atoms with E-state index < -0.39 is 0 Å². The van der Waals surface area contributed by atoms with Gasteiger partial charge in [0.05, 0.1) is 7.11 Å². The van der Waals surface area contributed by atoms with Crippen LogP contribution in [-0.4, -0.2) is 36.8 Å². The lowest BCUT2D eigenvalue weighted by Gasteiger charge is -2.18. The molecule has 17 heavy (non-hydrogen) atoms. The summed E-state index contributed by atoms with van der Waals surface area (Å²) in [5.41, 5.74) is 2.34. The number of amidine groups is 1. The van der Waals surface area contributed by atoms with Crippen LogP contribution in [0.5, 0.6) is 0 Å². The average molecular weight is 254 g/mol. The van der Waals surface area contributed by atoms with Gasteiger partial charge in [0.15, 0.2) is 0 Å². The molecule has 0 amide bonds. The predicted molar refractivity (Wildman–Crippen MR) is 68.6 cm³/mol. The van der Waals surface area contributed by atoms with E-state index in [1.54, 1.807) is 7.11 Å². The molecule has 1 aliphatic heterocycles. The van der Waals surface area contributed by atoms with Crippen molar-refractivity contribution in [2.75, 3.05) is 20.8 Å². The Balaban J connectivity index is 2.08. The molecule has 0 atom stereocenters. The van der Waals surface area contributed by atoms with E-state index in [9.17, 15) is 0 Å². The lowest BCUT2D eigenvalue weighted by Crippen LogP contribution is -2.30. The second-order valence-corrected chi connectivity index (χ2v) is 4.30. The van der Waals surface area contributed by atoms with Gasteiger partial charge in [-0.3, -0.25) is 5.01 Å². The summed E-state index contributed by atoms with van der Waals surface area (Å²) in [5.74, 6) is 0.541. The molecular formula is C12H16ClN3O. The van der Waals surface area contributed by atoms with Crippen LogP contribution in [0, 0.1) is 0 Å². The molecule has 1 aromatic rings. The topological polar surface area (TPSA) is 28.1 Å². The minimum atomic E-state index is 0.541. The highest BCUT2D eigenvalue weighted by Gasteiger charge is 2.21. The fourth-order valence-corrected chi connectivity index (χ4v) is 2.03. The molecule has 92 valence electrons. The summed E-state index contributed by atoms with van der Waals surface area (Å²) in [7, 11) is 3.56. The Hall–Kier alpha value is -1.42. The van der Waals surface area contributed by atoms with Gasteiger partial charge in [0.2, 0.25) is 0 Å². The SMILES string of the molecule is COC1=NN(C)CN1Cc1cccc(CCl)c1. The molecule has 1 aromatic carbocycles. The number of halogens is 1. The molecule has 0 bridgehead atoms. The molecule has 0 fully saturated rings. The maximum Gasteiger partial charge on any atom is 0.310 e. The molecule has 5 heteroatoms. The van der Waals surface area contributed by atoms with Crippen molar-refractivity contribution in [1.29, 1.82) is 0 Å². The molecule has 0 N–H and O–H groups in total. The van der Waals surface area contributed by atoms with E-state index in [1.807, 2.05) is 24.2 Å². The van der Waals surface area contributed by atoms with Crippen LogP contribution in [0.4, 0.5) is 0 Å². The Morgan fingerprint density at radius 2 is 2.18 bits per heavy atom. The van der Waals surface area contributed by atoms with Crippen molar-refractivity contribution in [2.45, 2.75) is 12.4 Å². The lowest BCUT2D eigenvalue weighted by atomic mass is 10.1. The highest BCUT2D eigenvalue weighted by atomic mass is 35.5. The van der Waals surface area contributed by atoms with Gasteiger partial charge in [-0.05, 0) is 11.1 Å². The number of alkyl halides is 1. The number of nitrogens with zero attached hydrogens (tertiary/aromatic N) is 3. The highest BCUT2D eigenvalue weighted by molar-refractivity contribution is 6.17. The molecule has 0 aliphatic carbocycles. The van der Waals surface area contributed by atoms with Crippen molar-refractivity contribution in [2.24, 2.45) is 5.10 Å². The normalized spacial score (nSPS) is 15.1. The van der Waals surface area contributed by atoms with E-state index in [0.29, 0.717) is 11.9 Å². The quantitative estimate of drug-likeness (QED) is 0.772. The van der Waals surface area contributed by atoms with Crippen LogP contribution in [0.15, 0.2) is 29.4 Å². The van der Waals surface area contributed by atoms with Gasteiger partial charge in [0, 0.05) is 19.5 Å². The third-order valence-electron chi connectivity index (χ3n) is 2.60. The molecule has 0 saturated carbocycles. The van der Waals surface area contributed by atoms with Gasteiger partial charge in [0.25, 0.3) is 0 Å². The lowest BCUT2D eigenvalue weighted by molar-refractivity contribution is 0.246. The summed E-state index contributed by atoms with van der Waals surface area (Å²) >= 11 is 5.82. The van der Waals surface area contributed by atoms with Gasteiger partial charge in [-0.2, -0.15) is 0 Å². The summed E-state index contributed by atoms with van der Waals surface area (Å²) in [5, 5.41) is 6.11. The van der Waals surface area contributed by atoms with Gasteiger partial charge in [-0.1, -0.05) is 24.3 Å². The number of rotatable bonds is 3. The number of hydrazone groups is 1. The highest BCUT2D eigenvalue weighted by Crippen LogP contribution is 2.14. The monoisotopic (exact) mass is 253 g/mol.